The minimum Gasteiger partial charge on any atom is -0.478 e. The van der Waals surface area contributed by atoms with Gasteiger partial charge in [0.1, 0.15) is 5.56 Å². The van der Waals surface area contributed by atoms with Crippen molar-refractivity contribution in [2.75, 3.05) is 0 Å². The number of aromatic nitrogens is 2. The van der Waals surface area contributed by atoms with E-state index >= 15 is 0 Å². The van der Waals surface area contributed by atoms with Crippen LogP contribution in [-0.4, -0.2) is 31.9 Å². The highest BCUT2D eigenvalue weighted by molar-refractivity contribution is 9.10. The Labute approximate surface area is 120 Å². The van der Waals surface area contributed by atoms with E-state index in [1.54, 1.807) is 12.1 Å². The zero-order chi connectivity index (χ0) is 14.2. The molecule has 0 aliphatic carbocycles. The van der Waals surface area contributed by atoms with Crippen LogP contribution in [0.2, 0.25) is 5.02 Å². The Balaban J connectivity index is 2.69. The fourth-order valence-electron chi connectivity index (χ4n) is 1.57. The van der Waals surface area contributed by atoms with E-state index in [2.05, 4.69) is 21.0 Å². The highest BCUT2D eigenvalue weighted by Crippen LogP contribution is 2.24. The van der Waals surface area contributed by atoms with Crippen molar-refractivity contribution in [3.63, 3.8) is 0 Å². The predicted octanol–water partition coefficient (Wildman–Crippen LogP) is 2.68. The van der Waals surface area contributed by atoms with Crippen molar-refractivity contribution in [1.82, 2.24) is 9.78 Å². The summed E-state index contributed by atoms with van der Waals surface area (Å²) in [5.41, 5.74) is -0.463. The summed E-state index contributed by atoms with van der Waals surface area (Å²) in [4.78, 5) is 22.1. The molecule has 8 heteroatoms. The van der Waals surface area contributed by atoms with Gasteiger partial charge in [0.05, 0.1) is 11.9 Å². The molecule has 0 saturated heterocycles. The first-order chi connectivity index (χ1) is 8.90. The summed E-state index contributed by atoms with van der Waals surface area (Å²) in [6.45, 7) is 0. The molecular formula is C11H6BrClN2O4. The zero-order valence-electron chi connectivity index (χ0n) is 9.17. The zero-order valence-corrected chi connectivity index (χ0v) is 11.5. The number of carboxylic acids is 2. The van der Waals surface area contributed by atoms with Gasteiger partial charge in [-0.05, 0) is 18.2 Å². The summed E-state index contributed by atoms with van der Waals surface area (Å²) in [6, 6.07) is 4.68. The first kappa shape index (κ1) is 13.6. The minimum absolute atomic E-state index is 0.351. The number of carbonyl (C=O) groups is 2. The molecule has 0 bridgehead atoms. The van der Waals surface area contributed by atoms with Crippen LogP contribution < -0.4 is 0 Å². The molecule has 2 N–H and O–H groups in total. The van der Waals surface area contributed by atoms with Gasteiger partial charge < -0.3 is 10.2 Å². The fraction of sp³-hybridized carbons (Fsp3) is 0. The molecule has 0 spiro atoms. The van der Waals surface area contributed by atoms with E-state index in [1.807, 2.05) is 0 Å². The highest BCUT2D eigenvalue weighted by Gasteiger charge is 2.23. The van der Waals surface area contributed by atoms with Crippen molar-refractivity contribution >= 4 is 39.5 Å². The number of hydrogen-bond donors (Lipinski definition) is 2. The lowest BCUT2D eigenvalue weighted by Gasteiger charge is -2.06. The third-order valence-electron chi connectivity index (χ3n) is 2.29. The summed E-state index contributed by atoms with van der Waals surface area (Å²) in [6.07, 6.45) is 0.987. The molecule has 1 heterocycles. The first-order valence-electron chi connectivity index (χ1n) is 4.91. The second kappa shape index (κ2) is 5.02. The van der Waals surface area contributed by atoms with Gasteiger partial charge in [-0.15, -0.1) is 0 Å². The van der Waals surface area contributed by atoms with Crippen LogP contribution in [0.3, 0.4) is 0 Å². The fourth-order valence-corrected chi connectivity index (χ4v) is 2.41. The van der Waals surface area contributed by atoms with Gasteiger partial charge in [0.25, 0.3) is 0 Å². The standard InChI is InChI=1S/C11H6BrClN2O4/c12-5-1-6(13)3-7(2-5)15-9(11(18)19)8(4-14-15)10(16)17/h1-4H,(H,16,17)(H,18,19). The molecule has 2 aromatic rings. The van der Waals surface area contributed by atoms with Crippen LogP contribution in [0.1, 0.15) is 20.8 Å². The van der Waals surface area contributed by atoms with Gasteiger partial charge in [-0.1, -0.05) is 27.5 Å². The van der Waals surface area contributed by atoms with E-state index < -0.39 is 17.6 Å². The Morgan fingerprint density at radius 1 is 1.21 bits per heavy atom. The number of hydrogen-bond acceptors (Lipinski definition) is 3. The van der Waals surface area contributed by atoms with Crippen molar-refractivity contribution in [2.45, 2.75) is 0 Å². The van der Waals surface area contributed by atoms with Crippen molar-refractivity contribution in [1.29, 1.82) is 0 Å². The van der Waals surface area contributed by atoms with E-state index in [-0.39, 0.29) is 5.56 Å². The smallest absolute Gasteiger partial charge is 0.355 e. The summed E-state index contributed by atoms with van der Waals surface area (Å²) in [5, 5.41) is 22.2. The number of aromatic carboxylic acids is 2. The third-order valence-corrected chi connectivity index (χ3v) is 2.97. The molecule has 0 radical (unpaired) electrons. The number of rotatable bonds is 3. The van der Waals surface area contributed by atoms with Crippen LogP contribution in [0.5, 0.6) is 0 Å². The SMILES string of the molecule is O=C(O)c1cnn(-c2cc(Cl)cc(Br)c2)c1C(=O)O. The summed E-state index contributed by atoms with van der Waals surface area (Å²) in [7, 11) is 0. The van der Waals surface area contributed by atoms with Crippen molar-refractivity contribution in [3.05, 3.63) is 45.1 Å². The monoisotopic (exact) mass is 344 g/mol. The predicted molar refractivity (Wildman–Crippen MR) is 70.2 cm³/mol. The highest BCUT2D eigenvalue weighted by atomic mass is 79.9. The molecule has 0 atom stereocenters. The molecule has 0 unspecified atom stereocenters. The summed E-state index contributed by atoms with van der Waals surface area (Å²) < 4.78 is 1.64. The van der Waals surface area contributed by atoms with E-state index in [1.165, 1.54) is 6.07 Å². The average Bonchev–Trinajstić information content (AvgIpc) is 2.71. The van der Waals surface area contributed by atoms with Crippen LogP contribution in [0.4, 0.5) is 0 Å². The third kappa shape index (κ3) is 2.61. The van der Waals surface area contributed by atoms with E-state index in [0.717, 1.165) is 10.9 Å². The molecule has 0 aliphatic rings. The van der Waals surface area contributed by atoms with Crippen LogP contribution in [0, 0.1) is 0 Å². The van der Waals surface area contributed by atoms with Gasteiger partial charge >= 0.3 is 11.9 Å². The topological polar surface area (TPSA) is 92.4 Å². The second-order valence-corrected chi connectivity index (χ2v) is 4.91. The second-order valence-electron chi connectivity index (χ2n) is 3.56. The average molecular weight is 346 g/mol. The van der Waals surface area contributed by atoms with Gasteiger partial charge in [-0.2, -0.15) is 5.10 Å². The van der Waals surface area contributed by atoms with E-state index in [9.17, 15) is 9.59 Å². The molecular weight excluding hydrogens is 339 g/mol. The van der Waals surface area contributed by atoms with Gasteiger partial charge in [-0.3, -0.25) is 0 Å². The Hall–Kier alpha value is -1.86. The maximum Gasteiger partial charge on any atom is 0.355 e. The molecule has 1 aromatic carbocycles. The van der Waals surface area contributed by atoms with E-state index in [0.29, 0.717) is 15.2 Å². The molecule has 0 fully saturated rings. The lowest BCUT2D eigenvalue weighted by atomic mass is 10.2. The molecule has 0 aliphatic heterocycles. The quantitative estimate of drug-likeness (QED) is 0.892. The van der Waals surface area contributed by atoms with Crippen molar-refractivity contribution in [3.8, 4) is 5.69 Å². The van der Waals surface area contributed by atoms with Crippen molar-refractivity contribution in [2.24, 2.45) is 0 Å². The van der Waals surface area contributed by atoms with Gasteiger partial charge in [-0.25, -0.2) is 14.3 Å². The number of halogens is 2. The largest absolute Gasteiger partial charge is 0.478 e. The molecule has 2 rings (SSSR count). The van der Waals surface area contributed by atoms with Crippen molar-refractivity contribution < 1.29 is 19.8 Å². The Morgan fingerprint density at radius 2 is 1.89 bits per heavy atom. The first-order valence-corrected chi connectivity index (χ1v) is 6.08. The van der Waals surface area contributed by atoms with Gasteiger partial charge in [0.2, 0.25) is 0 Å². The number of benzene rings is 1. The van der Waals surface area contributed by atoms with Crippen LogP contribution in [0.25, 0.3) is 5.69 Å². The number of nitrogens with zero attached hydrogens (tertiary/aromatic N) is 2. The maximum atomic E-state index is 11.2. The molecule has 0 amide bonds. The molecule has 0 saturated carbocycles. The summed E-state index contributed by atoms with van der Waals surface area (Å²) >= 11 is 9.08. The molecule has 1 aromatic heterocycles. The van der Waals surface area contributed by atoms with Gasteiger partial charge in [0, 0.05) is 9.50 Å². The Kier molecular flexibility index (Phi) is 3.59. The lowest BCUT2D eigenvalue weighted by molar-refractivity contribution is 0.0646. The van der Waals surface area contributed by atoms with Crippen LogP contribution in [0.15, 0.2) is 28.9 Å². The normalized spacial score (nSPS) is 10.4. The minimum atomic E-state index is -1.38. The number of carboxylic acid groups (broad SMARTS) is 2. The Bertz CT molecular complexity index is 663. The van der Waals surface area contributed by atoms with Crippen LogP contribution >= 0.6 is 27.5 Å². The van der Waals surface area contributed by atoms with E-state index in [4.69, 9.17) is 21.8 Å². The maximum absolute atomic E-state index is 11.2. The van der Waals surface area contributed by atoms with Gasteiger partial charge in [0.15, 0.2) is 5.69 Å². The molecule has 19 heavy (non-hydrogen) atoms. The molecule has 98 valence electrons. The van der Waals surface area contributed by atoms with Crippen LogP contribution in [-0.2, 0) is 0 Å². The molecule has 6 nitrogen and oxygen atoms in total. The lowest BCUT2D eigenvalue weighted by Crippen LogP contribution is -2.12. The Morgan fingerprint density at radius 3 is 2.42 bits per heavy atom. The summed E-state index contributed by atoms with van der Waals surface area (Å²) in [5.74, 6) is -2.74.